The van der Waals surface area contributed by atoms with Gasteiger partial charge in [-0.3, -0.25) is 4.79 Å². The summed E-state index contributed by atoms with van der Waals surface area (Å²) in [4.78, 5) is 14.0. The Bertz CT molecular complexity index is 428. The summed E-state index contributed by atoms with van der Waals surface area (Å²) in [5, 5.41) is 3.64. The van der Waals surface area contributed by atoms with E-state index in [1.165, 1.54) is 18.5 Å². The van der Waals surface area contributed by atoms with E-state index in [4.69, 9.17) is 0 Å². The van der Waals surface area contributed by atoms with Crippen molar-refractivity contribution in [1.29, 1.82) is 0 Å². The first-order chi connectivity index (χ1) is 8.70. The fraction of sp³-hybridized carbons (Fsp3) is 0.500. The maximum atomic E-state index is 11.6. The molecule has 1 fully saturated rings. The van der Waals surface area contributed by atoms with Gasteiger partial charge in [0.25, 0.3) is 0 Å². The summed E-state index contributed by atoms with van der Waals surface area (Å²) in [6.45, 7) is 4.34. The number of anilines is 2. The van der Waals surface area contributed by atoms with Crippen molar-refractivity contribution >= 4 is 33.2 Å². The van der Waals surface area contributed by atoms with Gasteiger partial charge >= 0.3 is 0 Å². The van der Waals surface area contributed by atoms with E-state index in [1.54, 1.807) is 0 Å². The van der Waals surface area contributed by atoms with Gasteiger partial charge in [0.2, 0.25) is 5.91 Å². The van der Waals surface area contributed by atoms with E-state index in [0.717, 1.165) is 24.3 Å². The Labute approximate surface area is 117 Å². The summed E-state index contributed by atoms with van der Waals surface area (Å²) in [6, 6.07) is 6.27. The molecular formula is C14H19BrN2O. The van der Waals surface area contributed by atoms with Crippen LogP contribution in [-0.2, 0) is 4.79 Å². The monoisotopic (exact) mass is 310 g/mol. The average Bonchev–Trinajstić information content (AvgIpc) is 2.85. The largest absolute Gasteiger partial charge is 0.372 e. The molecule has 0 atom stereocenters. The van der Waals surface area contributed by atoms with Crippen molar-refractivity contribution in [3.63, 3.8) is 0 Å². The molecule has 1 aromatic rings. The number of hydrogen-bond acceptors (Lipinski definition) is 2. The van der Waals surface area contributed by atoms with E-state index in [-0.39, 0.29) is 5.91 Å². The molecule has 1 heterocycles. The highest BCUT2D eigenvalue weighted by Crippen LogP contribution is 2.25. The molecule has 0 radical (unpaired) electrons. The zero-order chi connectivity index (χ0) is 13.0. The number of nitrogens with zero attached hydrogens (tertiary/aromatic N) is 1. The molecule has 2 rings (SSSR count). The molecule has 1 amide bonds. The van der Waals surface area contributed by atoms with Gasteiger partial charge in [-0.05, 0) is 43.5 Å². The van der Waals surface area contributed by atoms with Gasteiger partial charge in [0.1, 0.15) is 0 Å². The molecule has 1 N–H and O–H groups in total. The van der Waals surface area contributed by atoms with Crippen molar-refractivity contribution < 1.29 is 4.79 Å². The molecule has 4 heteroatoms. The quantitative estimate of drug-likeness (QED) is 0.865. The Kier molecular flexibility index (Phi) is 4.64. The van der Waals surface area contributed by atoms with Gasteiger partial charge in [-0.1, -0.05) is 15.9 Å². The van der Waals surface area contributed by atoms with Crippen molar-refractivity contribution in [3.05, 3.63) is 23.8 Å². The molecule has 1 aliphatic rings. The molecule has 18 heavy (non-hydrogen) atoms. The van der Waals surface area contributed by atoms with Crippen LogP contribution in [0.2, 0.25) is 0 Å². The second kappa shape index (κ2) is 6.23. The number of amides is 1. The molecule has 0 aromatic heterocycles. The van der Waals surface area contributed by atoms with Crippen molar-refractivity contribution in [2.45, 2.75) is 26.2 Å². The number of alkyl halides is 1. The fourth-order valence-electron chi connectivity index (χ4n) is 2.26. The number of aryl methyl sites for hydroxylation is 1. The van der Waals surface area contributed by atoms with Crippen LogP contribution in [0.5, 0.6) is 0 Å². The van der Waals surface area contributed by atoms with E-state index >= 15 is 0 Å². The van der Waals surface area contributed by atoms with Gasteiger partial charge < -0.3 is 10.2 Å². The Morgan fingerprint density at radius 2 is 2.11 bits per heavy atom. The third kappa shape index (κ3) is 3.25. The number of halogens is 1. The Morgan fingerprint density at radius 3 is 2.72 bits per heavy atom. The molecule has 0 aliphatic carbocycles. The molecule has 0 bridgehead atoms. The molecule has 1 saturated heterocycles. The molecule has 0 spiro atoms. The van der Waals surface area contributed by atoms with Crippen LogP contribution in [0.3, 0.4) is 0 Å². The summed E-state index contributed by atoms with van der Waals surface area (Å²) >= 11 is 3.27. The van der Waals surface area contributed by atoms with Crippen LogP contribution in [0.1, 0.15) is 24.8 Å². The topological polar surface area (TPSA) is 32.3 Å². The SMILES string of the molecule is Cc1cc(N2CCCC2)ccc1NC(=O)CCBr. The Hall–Kier alpha value is -1.03. The zero-order valence-corrected chi connectivity index (χ0v) is 12.3. The van der Waals surface area contributed by atoms with Crippen LogP contribution >= 0.6 is 15.9 Å². The average molecular weight is 311 g/mol. The number of rotatable bonds is 4. The standard InChI is InChI=1S/C14H19BrN2O/c1-11-10-12(17-8-2-3-9-17)4-5-13(11)16-14(18)6-7-15/h4-5,10H,2-3,6-9H2,1H3,(H,16,18). The molecule has 0 saturated carbocycles. The van der Waals surface area contributed by atoms with E-state index in [1.807, 2.05) is 13.0 Å². The van der Waals surface area contributed by atoms with Crippen molar-refractivity contribution in [3.8, 4) is 0 Å². The van der Waals surface area contributed by atoms with Gasteiger partial charge in [0.05, 0.1) is 0 Å². The summed E-state index contributed by atoms with van der Waals surface area (Å²) in [5.41, 5.74) is 3.31. The minimum atomic E-state index is 0.0592. The predicted octanol–water partition coefficient (Wildman–Crippen LogP) is 3.32. The Balaban J connectivity index is 2.07. The lowest BCUT2D eigenvalue weighted by atomic mass is 10.1. The molecule has 1 aromatic carbocycles. The smallest absolute Gasteiger partial charge is 0.225 e. The molecule has 0 unspecified atom stereocenters. The first kappa shape index (κ1) is 13.4. The van der Waals surface area contributed by atoms with Gasteiger partial charge in [0, 0.05) is 36.2 Å². The number of carbonyl (C=O) groups is 1. The van der Waals surface area contributed by atoms with E-state index in [9.17, 15) is 4.79 Å². The van der Waals surface area contributed by atoms with Crippen LogP contribution in [0, 0.1) is 6.92 Å². The summed E-state index contributed by atoms with van der Waals surface area (Å²) < 4.78 is 0. The summed E-state index contributed by atoms with van der Waals surface area (Å²) in [6.07, 6.45) is 3.07. The number of nitrogens with one attached hydrogen (secondary N) is 1. The molecule has 98 valence electrons. The summed E-state index contributed by atoms with van der Waals surface area (Å²) in [7, 11) is 0. The third-order valence-corrected chi connectivity index (χ3v) is 3.67. The van der Waals surface area contributed by atoms with Crippen molar-refractivity contribution in [2.75, 3.05) is 28.6 Å². The van der Waals surface area contributed by atoms with Gasteiger partial charge in [-0.15, -0.1) is 0 Å². The predicted molar refractivity (Wildman–Crippen MR) is 79.7 cm³/mol. The number of benzene rings is 1. The summed E-state index contributed by atoms with van der Waals surface area (Å²) in [5.74, 6) is 0.0592. The van der Waals surface area contributed by atoms with Crippen LogP contribution in [0.4, 0.5) is 11.4 Å². The molecule has 3 nitrogen and oxygen atoms in total. The third-order valence-electron chi connectivity index (χ3n) is 3.28. The van der Waals surface area contributed by atoms with Crippen molar-refractivity contribution in [2.24, 2.45) is 0 Å². The number of hydrogen-bond donors (Lipinski definition) is 1. The first-order valence-corrected chi connectivity index (χ1v) is 7.54. The highest BCUT2D eigenvalue weighted by molar-refractivity contribution is 9.09. The molecule has 1 aliphatic heterocycles. The van der Waals surface area contributed by atoms with Crippen LogP contribution in [0.25, 0.3) is 0 Å². The highest BCUT2D eigenvalue weighted by atomic mass is 79.9. The highest BCUT2D eigenvalue weighted by Gasteiger charge is 2.13. The maximum Gasteiger partial charge on any atom is 0.225 e. The fourth-order valence-corrected chi connectivity index (χ4v) is 2.62. The first-order valence-electron chi connectivity index (χ1n) is 6.42. The van der Waals surface area contributed by atoms with Gasteiger partial charge in [0.15, 0.2) is 0 Å². The lowest BCUT2D eigenvalue weighted by molar-refractivity contribution is -0.115. The van der Waals surface area contributed by atoms with Crippen LogP contribution < -0.4 is 10.2 Å². The molecular weight excluding hydrogens is 292 g/mol. The lowest BCUT2D eigenvalue weighted by Gasteiger charge is -2.19. The van der Waals surface area contributed by atoms with Gasteiger partial charge in [-0.25, -0.2) is 0 Å². The number of carbonyl (C=O) groups excluding carboxylic acids is 1. The van der Waals surface area contributed by atoms with E-state index < -0.39 is 0 Å². The second-order valence-corrected chi connectivity index (χ2v) is 5.47. The van der Waals surface area contributed by atoms with Crippen LogP contribution in [-0.4, -0.2) is 24.3 Å². The van der Waals surface area contributed by atoms with Crippen LogP contribution in [0.15, 0.2) is 18.2 Å². The Morgan fingerprint density at radius 1 is 1.39 bits per heavy atom. The normalized spacial score (nSPS) is 14.9. The van der Waals surface area contributed by atoms with Crippen molar-refractivity contribution in [1.82, 2.24) is 0 Å². The maximum absolute atomic E-state index is 11.6. The minimum Gasteiger partial charge on any atom is -0.372 e. The minimum absolute atomic E-state index is 0.0592. The van der Waals surface area contributed by atoms with Gasteiger partial charge in [-0.2, -0.15) is 0 Å². The second-order valence-electron chi connectivity index (χ2n) is 4.68. The lowest BCUT2D eigenvalue weighted by Crippen LogP contribution is -2.18. The van der Waals surface area contributed by atoms with E-state index in [0.29, 0.717) is 11.8 Å². The van der Waals surface area contributed by atoms with E-state index in [2.05, 4.69) is 38.3 Å². The zero-order valence-electron chi connectivity index (χ0n) is 10.7.